The van der Waals surface area contributed by atoms with E-state index in [2.05, 4.69) is 5.92 Å². The van der Waals surface area contributed by atoms with Gasteiger partial charge in [0.2, 0.25) is 0 Å². The fourth-order valence-electron chi connectivity index (χ4n) is 0.883. The van der Waals surface area contributed by atoms with Crippen molar-refractivity contribution in [1.82, 2.24) is 0 Å². The van der Waals surface area contributed by atoms with Gasteiger partial charge in [-0.3, -0.25) is 0 Å². The summed E-state index contributed by atoms with van der Waals surface area (Å²) in [6.07, 6.45) is 6.78. The maximum atomic E-state index is 5.84. The van der Waals surface area contributed by atoms with E-state index in [0.29, 0.717) is 0 Å². The SMILES string of the molecule is C#CCCC(N)c1cccs1. The second-order valence-corrected chi connectivity index (χ2v) is 3.34. The summed E-state index contributed by atoms with van der Waals surface area (Å²) in [7, 11) is 0. The van der Waals surface area contributed by atoms with Gasteiger partial charge in [-0.1, -0.05) is 6.07 Å². The predicted molar refractivity (Wildman–Crippen MR) is 49.3 cm³/mol. The molecular formula is C9H11NS. The van der Waals surface area contributed by atoms with Crippen LogP contribution in [0.5, 0.6) is 0 Å². The molecule has 0 aliphatic heterocycles. The summed E-state index contributed by atoms with van der Waals surface area (Å²) in [5.74, 6) is 2.59. The van der Waals surface area contributed by atoms with E-state index in [0.717, 1.165) is 12.8 Å². The summed E-state index contributed by atoms with van der Waals surface area (Å²) in [4.78, 5) is 1.22. The number of nitrogens with two attached hydrogens (primary N) is 1. The lowest BCUT2D eigenvalue weighted by Gasteiger charge is -2.05. The lowest BCUT2D eigenvalue weighted by Crippen LogP contribution is -2.07. The minimum Gasteiger partial charge on any atom is -0.323 e. The standard InChI is InChI=1S/C9H11NS/c1-2-3-5-8(10)9-6-4-7-11-9/h1,4,6-8H,3,5,10H2. The lowest BCUT2D eigenvalue weighted by atomic mass is 10.1. The molecule has 2 heteroatoms. The maximum absolute atomic E-state index is 5.84. The van der Waals surface area contributed by atoms with E-state index in [1.165, 1.54) is 4.88 Å². The third-order valence-electron chi connectivity index (χ3n) is 1.51. The van der Waals surface area contributed by atoms with E-state index in [9.17, 15) is 0 Å². The largest absolute Gasteiger partial charge is 0.323 e. The zero-order valence-electron chi connectivity index (χ0n) is 6.29. The van der Waals surface area contributed by atoms with Gasteiger partial charge in [-0.05, 0) is 17.9 Å². The van der Waals surface area contributed by atoms with Crippen molar-refractivity contribution in [3.63, 3.8) is 0 Å². The highest BCUT2D eigenvalue weighted by atomic mass is 32.1. The second-order valence-electron chi connectivity index (χ2n) is 2.36. The first kappa shape index (κ1) is 8.32. The van der Waals surface area contributed by atoms with Crippen LogP contribution < -0.4 is 5.73 Å². The molecule has 1 aromatic rings. The summed E-state index contributed by atoms with van der Waals surface area (Å²) in [5, 5.41) is 2.03. The number of thiophene rings is 1. The van der Waals surface area contributed by atoms with Crippen LogP contribution in [0.15, 0.2) is 17.5 Å². The molecule has 0 aliphatic carbocycles. The van der Waals surface area contributed by atoms with Crippen LogP contribution in [-0.2, 0) is 0 Å². The van der Waals surface area contributed by atoms with E-state index in [-0.39, 0.29) is 6.04 Å². The Morgan fingerprint density at radius 2 is 2.55 bits per heavy atom. The Morgan fingerprint density at radius 3 is 3.09 bits per heavy atom. The van der Waals surface area contributed by atoms with Crippen LogP contribution >= 0.6 is 11.3 Å². The Balaban J connectivity index is 2.44. The monoisotopic (exact) mass is 165 g/mol. The number of hydrogen-bond acceptors (Lipinski definition) is 2. The number of hydrogen-bond donors (Lipinski definition) is 1. The zero-order chi connectivity index (χ0) is 8.10. The van der Waals surface area contributed by atoms with E-state index in [4.69, 9.17) is 12.2 Å². The van der Waals surface area contributed by atoms with Crippen molar-refractivity contribution < 1.29 is 0 Å². The Kier molecular flexibility index (Phi) is 3.15. The summed E-state index contributed by atoms with van der Waals surface area (Å²) in [6.45, 7) is 0. The molecule has 2 N–H and O–H groups in total. The van der Waals surface area contributed by atoms with Gasteiger partial charge in [-0.25, -0.2) is 0 Å². The number of rotatable bonds is 3. The fraction of sp³-hybridized carbons (Fsp3) is 0.333. The third kappa shape index (κ3) is 2.38. The molecule has 0 radical (unpaired) electrons. The lowest BCUT2D eigenvalue weighted by molar-refractivity contribution is 0.679. The molecule has 1 nitrogen and oxygen atoms in total. The highest BCUT2D eigenvalue weighted by molar-refractivity contribution is 7.10. The second kappa shape index (κ2) is 4.17. The molecule has 58 valence electrons. The molecule has 0 spiro atoms. The van der Waals surface area contributed by atoms with E-state index in [1.807, 2.05) is 17.5 Å². The van der Waals surface area contributed by atoms with Crippen molar-refractivity contribution in [3.05, 3.63) is 22.4 Å². The van der Waals surface area contributed by atoms with Gasteiger partial charge < -0.3 is 5.73 Å². The van der Waals surface area contributed by atoms with E-state index >= 15 is 0 Å². The summed E-state index contributed by atoms with van der Waals surface area (Å²) >= 11 is 1.69. The molecule has 1 heterocycles. The molecule has 1 unspecified atom stereocenters. The van der Waals surface area contributed by atoms with Crippen molar-refractivity contribution in [1.29, 1.82) is 0 Å². The highest BCUT2D eigenvalue weighted by Gasteiger charge is 2.04. The van der Waals surface area contributed by atoms with Gasteiger partial charge >= 0.3 is 0 Å². The van der Waals surface area contributed by atoms with Crippen molar-refractivity contribution >= 4 is 11.3 Å². The van der Waals surface area contributed by atoms with Gasteiger partial charge in [0.05, 0.1) is 0 Å². The maximum Gasteiger partial charge on any atom is 0.0398 e. The summed E-state index contributed by atoms with van der Waals surface area (Å²) < 4.78 is 0. The molecule has 0 fully saturated rings. The van der Waals surface area contributed by atoms with Crippen molar-refractivity contribution in [2.24, 2.45) is 5.73 Å². The van der Waals surface area contributed by atoms with Gasteiger partial charge in [0.15, 0.2) is 0 Å². The van der Waals surface area contributed by atoms with Gasteiger partial charge in [0.1, 0.15) is 0 Å². The smallest absolute Gasteiger partial charge is 0.0398 e. The van der Waals surface area contributed by atoms with Crippen LogP contribution in [0, 0.1) is 12.3 Å². The predicted octanol–water partition coefficient (Wildman–Crippen LogP) is 2.16. The Hall–Kier alpha value is -0.780. The molecule has 0 aliphatic rings. The minimum atomic E-state index is 0.131. The minimum absolute atomic E-state index is 0.131. The van der Waals surface area contributed by atoms with Crippen molar-refractivity contribution in [3.8, 4) is 12.3 Å². The molecule has 1 rings (SSSR count). The first-order valence-corrected chi connectivity index (χ1v) is 4.45. The Labute approximate surface area is 71.2 Å². The first-order valence-electron chi connectivity index (χ1n) is 3.57. The topological polar surface area (TPSA) is 26.0 Å². The van der Waals surface area contributed by atoms with Gasteiger partial charge in [-0.15, -0.1) is 23.7 Å². The molecule has 0 saturated heterocycles. The van der Waals surface area contributed by atoms with Crippen LogP contribution in [-0.4, -0.2) is 0 Å². The normalized spacial score (nSPS) is 12.4. The summed E-state index contributed by atoms with van der Waals surface area (Å²) in [5.41, 5.74) is 5.84. The van der Waals surface area contributed by atoms with Crippen LogP contribution in [0.1, 0.15) is 23.8 Å². The molecule has 0 amide bonds. The van der Waals surface area contributed by atoms with E-state index in [1.54, 1.807) is 11.3 Å². The van der Waals surface area contributed by atoms with Crippen molar-refractivity contribution in [2.75, 3.05) is 0 Å². The van der Waals surface area contributed by atoms with Gasteiger partial charge in [0.25, 0.3) is 0 Å². The summed E-state index contributed by atoms with van der Waals surface area (Å²) in [6, 6.07) is 4.19. The average Bonchev–Trinajstić information content (AvgIpc) is 2.52. The molecule has 0 saturated carbocycles. The Morgan fingerprint density at radius 1 is 1.73 bits per heavy atom. The van der Waals surface area contributed by atoms with Crippen LogP contribution in [0.25, 0.3) is 0 Å². The fourth-order valence-corrected chi connectivity index (χ4v) is 1.65. The average molecular weight is 165 g/mol. The van der Waals surface area contributed by atoms with Gasteiger partial charge in [0, 0.05) is 17.3 Å². The Bertz CT molecular complexity index is 233. The zero-order valence-corrected chi connectivity index (χ0v) is 7.10. The third-order valence-corrected chi connectivity index (χ3v) is 2.51. The van der Waals surface area contributed by atoms with Crippen LogP contribution in [0.3, 0.4) is 0 Å². The number of terminal acetylenes is 1. The van der Waals surface area contributed by atoms with Crippen LogP contribution in [0.2, 0.25) is 0 Å². The highest BCUT2D eigenvalue weighted by Crippen LogP contribution is 2.20. The van der Waals surface area contributed by atoms with Crippen molar-refractivity contribution in [2.45, 2.75) is 18.9 Å². The van der Waals surface area contributed by atoms with Gasteiger partial charge in [-0.2, -0.15) is 0 Å². The molecule has 0 bridgehead atoms. The molecule has 1 aromatic heterocycles. The quantitative estimate of drug-likeness (QED) is 0.682. The van der Waals surface area contributed by atoms with E-state index < -0.39 is 0 Å². The molecule has 11 heavy (non-hydrogen) atoms. The van der Waals surface area contributed by atoms with Crippen LogP contribution in [0.4, 0.5) is 0 Å². The molecule has 0 aromatic carbocycles. The molecular weight excluding hydrogens is 154 g/mol. The first-order chi connectivity index (χ1) is 5.34. The molecule has 1 atom stereocenters.